The fourth-order valence-corrected chi connectivity index (χ4v) is 1.54. The van der Waals surface area contributed by atoms with Gasteiger partial charge in [0.15, 0.2) is 0 Å². The molecule has 0 bridgehead atoms. The smallest absolute Gasteiger partial charge is 0.0739 e. The van der Waals surface area contributed by atoms with Crippen LogP contribution in [0.4, 0.5) is 0 Å². The second-order valence-corrected chi connectivity index (χ2v) is 2.69. The molecule has 2 aliphatic rings. The highest BCUT2D eigenvalue weighted by molar-refractivity contribution is 5.04. The van der Waals surface area contributed by atoms with Crippen molar-refractivity contribution in [3.8, 4) is 0 Å². The van der Waals surface area contributed by atoms with E-state index in [4.69, 9.17) is 4.74 Å². The number of ether oxygens (including phenoxy) is 1. The minimum absolute atomic E-state index is 0.528. The minimum atomic E-state index is 0.528. The molecule has 2 fully saturated rings. The van der Waals surface area contributed by atoms with Crippen molar-refractivity contribution in [3.05, 3.63) is 0 Å². The quantitative estimate of drug-likeness (QED) is 0.516. The van der Waals surface area contributed by atoms with Crippen molar-refractivity contribution in [1.29, 1.82) is 0 Å². The van der Waals surface area contributed by atoms with Gasteiger partial charge in [-0.1, -0.05) is 0 Å². The van der Waals surface area contributed by atoms with Gasteiger partial charge in [-0.2, -0.15) is 0 Å². The van der Waals surface area contributed by atoms with Crippen LogP contribution < -0.4 is 5.32 Å². The van der Waals surface area contributed by atoms with E-state index in [-0.39, 0.29) is 0 Å². The largest absolute Gasteiger partial charge is 0.380 e. The van der Waals surface area contributed by atoms with E-state index in [1.54, 1.807) is 7.11 Å². The van der Waals surface area contributed by atoms with Gasteiger partial charge in [0.2, 0.25) is 0 Å². The van der Waals surface area contributed by atoms with Crippen LogP contribution in [-0.4, -0.2) is 25.8 Å². The summed E-state index contributed by atoms with van der Waals surface area (Å²) in [7, 11) is 1.80. The van der Waals surface area contributed by atoms with E-state index in [0.717, 1.165) is 18.5 Å². The van der Waals surface area contributed by atoms with E-state index in [1.807, 2.05) is 0 Å². The van der Waals surface area contributed by atoms with Gasteiger partial charge in [0.25, 0.3) is 0 Å². The maximum atomic E-state index is 5.20. The lowest BCUT2D eigenvalue weighted by atomic mass is 10.3. The van der Waals surface area contributed by atoms with Crippen LogP contribution in [0.2, 0.25) is 0 Å². The minimum Gasteiger partial charge on any atom is -0.380 e. The molecule has 2 heteroatoms. The van der Waals surface area contributed by atoms with E-state index in [9.17, 15) is 0 Å². The highest BCUT2D eigenvalue weighted by Gasteiger charge is 2.48. The standard InChI is InChI=1S/C6H11NO/c1-8-6-3-7-5-2-4(5)6/h4-7H,2-3H2,1H3/t4?,5?,6-/m1/s1. The first kappa shape index (κ1) is 4.77. The molecule has 46 valence electrons. The summed E-state index contributed by atoms with van der Waals surface area (Å²) < 4.78 is 5.20. The Labute approximate surface area is 49.2 Å². The van der Waals surface area contributed by atoms with Crippen LogP contribution in [0.25, 0.3) is 0 Å². The van der Waals surface area contributed by atoms with E-state index >= 15 is 0 Å². The molecule has 1 heterocycles. The SMILES string of the molecule is CO[C@@H]1CNC2CC21. The summed E-state index contributed by atoms with van der Waals surface area (Å²) in [6.07, 6.45) is 1.87. The topological polar surface area (TPSA) is 21.3 Å². The van der Waals surface area contributed by atoms with Crippen LogP contribution in [0.15, 0.2) is 0 Å². The number of piperidine rings is 1. The number of hydrogen-bond donors (Lipinski definition) is 1. The van der Waals surface area contributed by atoms with Gasteiger partial charge in [-0.25, -0.2) is 0 Å². The second kappa shape index (κ2) is 1.45. The van der Waals surface area contributed by atoms with Crippen LogP contribution in [0, 0.1) is 5.92 Å². The van der Waals surface area contributed by atoms with E-state index in [1.165, 1.54) is 6.42 Å². The van der Waals surface area contributed by atoms with Crippen molar-refractivity contribution < 1.29 is 4.74 Å². The van der Waals surface area contributed by atoms with Crippen LogP contribution in [0.1, 0.15) is 6.42 Å². The first-order valence-electron chi connectivity index (χ1n) is 3.18. The molecule has 0 spiro atoms. The lowest BCUT2D eigenvalue weighted by molar-refractivity contribution is 0.101. The molecule has 0 aromatic rings. The lowest BCUT2D eigenvalue weighted by Gasteiger charge is -2.06. The Bertz CT molecular complexity index is 105. The molecule has 2 rings (SSSR count). The predicted molar refractivity (Wildman–Crippen MR) is 30.7 cm³/mol. The Morgan fingerprint density at radius 2 is 2.50 bits per heavy atom. The zero-order valence-electron chi connectivity index (χ0n) is 5.05. The summed E-state index contributed by atoms with van der Waals surface area (Å²) >= 11 is 0. The summed E-state index contributed by atoms with van der Waals surface area (Å²) in [6, 6.07) is 0.819. The summed E-state index contributed by atoms with van der Waals surface area (Å²) in [5, 5.41) is 3.37. The molecule has 0 amide bonds. The van der Waals surface area contributed by atoms with Gasteiger partial charge in [0, 0.05) is 25.6 Å². The van der Waals surface area contributed by atoms with Gasteiger partial charge in [-0.05, 0) is 6.42 Å². The molecule has 0 aromatic carbocycles. The van der Waals surface area contributed by atoms with Crippen molar-refractivity contribution in [2.24, 2.45) is 5.92 Å². The van der Waals surface area contributed by atoms with Crippen LogP contribution in [-0.2, 0) is 4.74 Å². The molecular formula is C6H11NO. The Hall–Kier alpha value is -0.0800. The van der Waals surface area contributed by atoms with Gasteiger partial charge in [0.1, 0.15) is 0 Å². The Morgan fingerprint density at radius 1 is 1.62 bits per heavy atom. The van der Waals surface area contributed by atoms with Crippen molar-refractivity contribution in [2.45, 2.75) is 18.6 Å². The second-order valence-electron chi connectivity index (χ2n) is 2.69. The van der Waals surface area contributed by atoms with Gasteiger partial charge < -0.3 is 10.1 Å². The van der Waals surface area contributed by atoms with Crippen molar-refractivity contribution in [1.82, 2.24) is 5.32 Å². The number of rotatable bonds is 1. The molecular weight excluding hydrogens is 102 g/mol. The highest BCUT2D eigenvalue weighted by atomic mass is 16.5. The molecule has 3 atom stereocenters. The summed E-state index contributed by atoms with van der Waals surface area (Å²) in [5.41, 5.74) is 0. The molecule has 1 aliphatic carbocycles. The Balaban J connectivity index is 1.97. The molecule has 1 N–H and O–H groups in total. The van der Waals surface area contributed by atoms with Gasteiger partial charge in [-0.15, -0.1) is 0 Å². The third-order valence-electron chi connectivity index (χ3n) is 2.20. The van der Waals surface area contributed by atoms with E-state index in [2.05, 4.69) is 5.32 Å². The van der Waals surface area contributed by atoms with Crippen LogP contribution >= 0.6 is 0 Å². The van der Waals surface area contributed by atoms with Gasteiger partial charge in [-0.3, -0.25) is 0 Å². The molecule has 0 aromatic heterocycles. The van der Waals surface area contributed by atoms with Crippen molar-refractivity contribution >= 4 is 0 Å². The molecule has 1 saturated carbocycles. The fraction of sp³-hybridized carbons (Fsp3) is 1.00. The van der Waals surface area contributed by atoms with E-state index in [0.29, 0.717) is 6.10 Å². The van der Waals surface area contributed by atoms with Crippen molar-refractivity contribution in [2.75, 3.05) is 13.7 Å². The van der Waals surface area contributed by atoms with Gasteiger partial charge in [0.05, 0.1) is 6.10 Å². The van der Waals surface area contributed by atoms with Crippen LogP contribution in [0.3, 0.4) is 0 Å². The Morgan fingerprint density at radius 3 is 2.75 bits per heavy atom. The number of hydrogen-bond acceptors (Lipinski definition) is 2. The summed E-state index contributed by atoms with van der Waals surface area (Å²) in [5.74, 6) is 0.861. The first-order chi connectivity index (χ1) is 3.92. The Kier molecular flexibility index (Phi) is 0.866. The zero-order chi connectivity index (χ0) is 5.56. The summed E-state index contributed by atoms with van der Waals surface area (Å²) in [6.45, 7) is 1.08. The molecule has 1 aliphatic heterocycles. The van der Waals surface area contributed by atoms with Crippen LogP contribution in [0.5, 0.6) is 0 Å². The molecule has 1 saturated heterocycles. The number of methoxy groups -OCH3 is 1. The number of fused-ring (bicyclic) bond motifs is 1. The van der Waals surface area contributed by atoms with Crippen molar-refractivity contribution in [3.63, 3.8) is 0 Å². The van der Waals surface area contributed by atoms with E-state index < -0.39 is 0 Å². The average molecular weight is 113 g/mol. The number of nitrogens with one attached hydrogen (secondary N) is 1. The molecule has 2 nitrogen and oxygen atoms in total. The maximum absolute atomic E-state index is 5.20. The molecule has 0 radical (unpaired) electrons. The summed E-state index contributed by atoms with van der Waals surface area (Å²) in [4.78, 5) is 0. The predicted octanol–water partition coefficient (Wildman–Crippen LogP) is -0.00690. The molecule has 2 unspecified atom stereocenters. The monoisotopic (exact) mass is 113 g/mol. The zero-order valence-corrected chi connectivity index (χ0v) is 5.05. The third kappa shape index (κ3) is 0.501. The first-order valence-corrected chi connectivity index (χ1v) is 3.18. The normalized spacial score (nSPS) is 51.4. The lowest BCUT2D eigenvalue weighted by Crippen LogP contribution is -2.21. The highest BCUT2D eigenvalue weighted by Crippen LogP contribution is 2.39. The fourth-order valence-electron chi connectivity index (χ4n) is 1.54. The average Bonchev–Trinajstić information content (AvgIpc) is 2.46. The maximum Gasteiger partial charge on any atom is 0.0739 e. The third-order valence-corrected chi connectivity index (χ3v) is 2.20. The molecule has 8 heavy (non-hydrogen) atoms. The van der Waals surface area contributed by atoms with Gasteiger partial charge >= 0.3 is 0 Å².